The van der Waals surface area contributed by atoms with Crippen LogP contribution in [0.1, 0.15) is 30.9 Å². The molecule has 0 spiro atoms. The van der Waals surface area contributed by atoms with Crippen molar-refractivity contribution in [1.29, 1.82) is 0 Å². The lowest BCUT2D eigenvalue weighted by atomic mass is 10.1. The number of aromatic nitrogens is 2. The Hall–Kier alpha value is -1.97. The van der Waals surface area contributed by atoms with Gasteiger partial charge in [-0.05, 0) is 26.3 Å². The molecule has 0 radical (unpaired) electrons. The van der Waals surface area contributed by atoms with E-state index in [-0.39, 0.29) is 19.0 Å². The Labute approximate surface area is 139 Å². The van der Waals surface area contributed by atoms with E-state index >= 15 is 0 Å². The summed E-state index contributed by atoms with van der Waals surface area (Å²) in [7, 11) is 0. The second kappa shape index (κ2) is 7.73. The molecular weight excluding hydrogens is 314 g/mol. The normalized spacial score (nSPS) is 21.9. The number of carbonyl (C=O) groups is 1. The van der Waals surface area contributed by atoms with Crippen molar-refractivity contribution >= 4 is 5.91 Å². The maximum absolute atomic E-state index is 12.4. The van der Waals surface area contributed by atoms with Crippen LogP contribution in [0.2, 0.25) is 0 Å². The van der Waals surface area contributed by atoms with Crippen LogP contribution in [0.25, 0.3) is 0 Å². The van der Waals surface area contributed by atoms with E-state index in [0.717, 1.165) is 12.8 Å². The number of likely N-dealkylation sites (tertiary alicyclic amines) is 1. The van der Waals surface area contributed by atoms with Crippen LogP contribution in [0.4, 0.5) is 0 Å². The highest BCUT2D eigenvalue weighted by molar-refractivity contribution is 5.82. The number of aliphatic hydroxyl groups is 1. The van der Waals surface area contributed by atoms with E-state index in [1.807, 2.05) is 0 Å². The molecule has 1 amide bonds. The lowest BCUT2D eigenvalue weighted by molar-refractivity contribution is -0.132. The third kappa shape index (κ3) is 3.92. The van der Waals surface area contributed by atoms with Crippen LogP contribution in [0.5, 0.6) is 0 Å². The Morgan fingerprint density at radius 2 is 2.12 bits per heavy atom. The first-order chi connectivity index (χ1) is 11.3. The number of aromatic amines is 1. The highest BCUT2D eigenvalue weighted by Gasteiger charge is 2.37. The molecule has 1 saturated heterocycles. The summed E-state index contributed by atoms with van der Waals surface area (Å²) >= 11 is 0. The molecule has 2 heterocycles. The number of nitrogens with two attached hydrogens (primary N) is 2. The summed E-state index contributed by atoms with van der Waals surface area (Å²) in [4.78, 5) is 39.5. The molecule has 9 nitrogen and oxygen atoms in total. The molecule has 1 aliphatic rings. The highest BCUT2D eigenvalue weighted by Crippen LogP contribution is 2.21. The number of carbonyl (C=O) groups excluding carboxylic acids is 1. The predicted molar refractivity (Wildman–Crippen MR) is 88.6 cm³/mol. The van der Waals surface area contributed by atoms with Gasteiger partial charge in [0.15, 0.2) is 0 Å². The van der Waals surface area contributed by atoms with Crippen LogP contribution in [0.15, 0.2) is 15.8 Å². The van der Waals surface area contributed by atoms with E-state index in [0.29, 0.717) is 18.5 Å². The number of hydrogen-bond acceptors (Lipinski definition) is 6. The van der Waals surface area contributed by atoms with Crippen LogP contribution >= 0.6 is 0 Å². The number of amides is 1. The van der Waals surface area contributed by atoms with Crippen molar-refractivity contribution in [1.82, 2.24) is 14.5 Å². The van der Waals surface area contributed by atoms with E-state index < -0.39 is 29.4 Å². The number of H-pyrrole nitrogens is 1. The summed E-state index contributed by atoms with van der Waals surface area (Å²) in [6.45, 7) is 2.42. The van der Waals surface area contributed by atoms with Gasteiger partial charge in [-0.3, -0.25) is 19.1 Å². The average molecular weight is 339 g/mol. The Bertz CT molecular complexity index is 698. The smallest absolute Gasteiger partial charge is 0.328 e. The van der Waals surface area contributed by atoms with E-state index in [9.17, 15) is 19.5 Å². The number of hydrogen-bond donors (Lipinski definition) is 4. The van der Waals surface area contributed by atoms with Crippen LogP contribution in [0, 0.1) is 6.92 Å². The zero-order valence-electron chi connectivity index (χ0n) is 13.8. The Morgan fingerprint density at radius 1 is 1.42 bits per heavy atom. The van der Waals surface area contributed by atoms with Crippen LogP contribution in [-0.2, 0) is 4.79 Å². The molecular formula is C15H25N5O4. The topological polar surface area (TPSA) is 147 Å². The Balaban J connectivity index is 2.09. The van der Waals surface area contributed by atoms with Gasteiger partial charge in [0.1, 0.15) is 0 Å². The number of aliphatic hydroxyl groups excluding tert-OH is 1. The fourth-order valence-corrected chi connectivity index (χ4v) is 2.92. The molecule has 3 atom stereocenters. The van der Waals surface area contributed by atoms with Gasteiger partial charge in [0.2, 0.25) is 5.91 Å². The maximum atomic E-state index is 12.4. The lowest BCUT2D eigenvalue weighted by Crippen LogP contribution is -2.43. The summed E-state index contributed by atoms with van der Waals surface area (Å²) in [6, 6.07) is -1.25. The standard InChI is InChI=1S/C15H25N5O4/c1-9-6-20(15(24)18-13(9)22)11-7-19(8-12(11)21)14(23)10(17)4-2-3-5-16/h6,10-12,21H,2-5,7-8,16-17H2,1H3,(H,18,22,24)/t10-,11+,12+/m0/s1. The Kier molecular flexibility index (Phi) is 5.92. The minimum Gasteiger partial charge on any atom is -0.389 e. The largest absolute Gasteiger partial charge is 0.389 e. The van der Waals surface area contributed by atoms with Gasteiger partial charge >= 0.3 is 5.69 Å². The van der Waals surface area contributed by atoms with E-state index in [1.54, 1.807) is 6.92 Å². The number of β-amino-alcohol motifs (C(OH)–C–C–N with tert-alkyl or cyclic N) is 1. The predicted octanol–water partition coefficient (Wildman–Crippen LogP) is -1.95. The van der Waals surface area contributed by atoms with Crippen molar-refractivity contribution in [2.45, 2.75) is 44.4 Å². The number of unbranched alkanes of at least 4 members (excludes halogenated alkanes) is 1. The molecule has 1 aliphatic heterocycles. The third-order valence-corrected chi connectivity index (χ3v) is 4.36. The number of rotatable bonds is 6. The van der Waals surface area contributed by atoms with E-state index in [2.05, 4.69) is 4.98 Å². The van der Waals surface area contributed by atoms with Crippen molar-refractivity contribution in [3.63, 3.8) is 0 Å². The second-order valence-electron chi connectivity index (χ2n) is 6.25. The van der Waals surface area contributed by atoms with Gasteiger partial charge in [0, 0.05) is 24.8 Å². The molecule has 0 saturated carbocycles. The molecule has 0 bridgehead atoms. The fraction of sp³-hybridized carbons (Fsp3) is 0.667. The van der Waals surface area contributed by atoms with Crippen molar-refractivity contribution in [3.05, 3.63) is 32.6 Å². The monoisotopic (exact) mass is 339 g/mol. The molecule has 0 aliphatic carbocycles. The van der Waals surface area contributed by atoms with Gasteiger partial charge in [0.05, 0.1) is 18.2 Å². The number of nitrogens with zero attached hydrogens (tertiary/aromatic N) is 2. The van der Waals surface area contributed by atoms with Gasteiger partial charge in [-0.1, -0.05) is 6.42 Å². The van der Waals surface area contributed by atoms with Gasteiger partial charge in [-0.2, -0.15) is 0 Å². The Morgan fingerprint density at radius 3 is 2.79 bits per heavy atom. The minimum absolute atomic E-state index is 0.110. The molecule has 1 aromatic rings. The first-order valence-electron chi connectivity index (χ1n) is 8.09. The molecule has 9 heteroatoms. The van der Waals surface area contributed by atoms with Crippen LogP contribution in [0.3, 0.4) is 0 Å². The molecule has 1 aromatic heterocycles. The SMILES string of the molecule is Cc1cn([C@@H]2CN(C(=O)[C@@H](N)CCCCN)C[C@H]2O)c(=O)[nH]c1=O. The summed E-state index contributed by atoms with van der Waals surface area (Å²) in [6.07, 6.45) is 2.61. The minimum atomic E-state index is -0.895. The third-order valence-electron chi connectivity index (χ3n) is 4.36. The maximum Gasteiger partial charge on any atom is 0.328 e. The molecule has 2 rings (SSSR count). The molecule has 6 N–H and O–H groups in total. The van der Waals surface area contributed by atoms with Crippen molar-refractivity contribution in [2.75, 3.05) is 19.6 Å². The summed E-state index contributed by atoms with van der Waals surface area (Å²) in [5.74, 6) is -0.247. The van der Waals surface area contributed by atoms with Gasteiger partial charge in [0.25, 0.3) is 5.56 Å². The van der Waals surface area contributed by atoms with E-state index in [1.165, 1.54) is 15.7 Å². The van der Waals surface area contributed by atoms with Crippen molar-refractivity contribution in [2.24, 2.45) is 11.5 Å². The second-order valence-corrected chi connectivity index (χ2v) is 6.25. The molecule has 134 valence electrons. The lowest BCUT2D eigenvalue weighted by Gasteiger charge is -2.21. The summed E-state index contributed by atoms with van der Waals surface area (Å²) < 4.78 is 1.27. The van der Waals surface area contributed by atoms with Crippen LogP contribution in [-0.4, -0.2) is 57.2 Å². The van der Waals surface area contributed by atoms with Gasteiger partial charge in [-0.15, -0.1) is 0 Å². The quantitative estimate of drug-likeness (QED) is 0.443. The van der Waals surface area contributed by atoms with E-state index in [4.69, 9.17) is 11.5 Å². The van der Waals surface area contributed by atoms with Gasteiger partial charge in [-0.25, -0.2) is 4.79 Å². The summed E-state index contributed by atoms with van der Waals surface area (Å²) in [5.41, 5.74) is 10.6. The first-order valence-corrected chi connectivity index (χ1v) is 8.09. The van der Waals surface area contributed by atoms with Crippen LogP contribution < -0.4 is 22.7 Å². The summed E-state index contributed by atoms with van der Waals surface area (Å²) in [5, 5.41) is 10.2. The number of nitrogens with one attached hydrogen (secondary N) is 1. The van der Waals surface area contributed by atoms with Gasteiger partial charge < -0.3 is 21.5 Å². The molecule has 0 aromatic carbocycles. The molecule has 24 heavy (non-hydrogen) atoms. The molecule has 1 fully saturated rings. The number of aryl methyl sites for hydroxylation is 1. The zero-order valence-corrected chi connectivity index (χ0v) is 13.8. The average Bonchev–Trinajstić information content (AvgIpc) is 2.92. The zero-order chi connectivity index (χ0) is 17.9. The fourth-order valence-electron chi connectivity index (χ4n) is 2.92. The molecule has 0 unspecified atom stereocenters. The first kappa shape index (κ1) is 18.4. The van der Waals surface area contributed by atoms with Crippen molar-refractivity contribution in [3.8, 4) is 0 Å². The van der Waals surface area contributed by atoms with Crippen molar-refractivity contribution < 1.29 is 9.90 Å². The highest BCUT2D eigenvalue weighted by atomic mass is 16.3.